The Hall–Kier alpha value is -1.91. The number of amides is 2. The molecule has 0 saturated carbocycles. The Bertz CT molecular complexity index is 434. The molecule has 98 valence electrons. The summed E-state index contributed by atoms with van der Waals surface area (Å²) >= 11 is 0. The molecule has 0 fully saturated rings. The van der Waals surface area contributed by atoms with Gasteiger partial charge in [-0.25, -0.2) is 4.79 Å². The number of rotatable bonds is 4. The summed E-state index contributed by atoms with van der Waals surface area (Å²) in [6.07, 6.45) is 0. The van der Waals surface area contributed by atoms with Crippen LogP contribution in [0, 0.1) is 0 Å². The van der Waals surface area contributed by atoms with Gasteiger partial charge in [0.05, 0.1) is 0 Å². The van der Waals surface area contributed by atoms with E-state index in [0.717, 1.165) is 17.1 Å². The first-order valence-electron chi connectivity index (χ1n) is 6.16. The van der Waals surface area contributed by atoms with Crippen molar-refractivity contribution in [2.45, 2.75) is 20.4 Å². The fourth-order valence-corrected chi connectivity index (χ4v) is 1.85. The minimum atomic E-state index is -0.0438. The van der Waals surface area contributed by atoms with Crippen molar-refractivity contribution in [1.82, 2.24) is 10.2 Å². The van der Waals surface area contributed by atoms with E-state index in [0.29, 0.717) is 19.6 Å². The molecule has 0 spiro atoms. The Morgan fingerprint density at radius 2 is 2.11 bits per heavy atom. The molecule has 1 aliphatic rings. The van der Waals surface area contributed by atoms with Crippen LogP contribution in [0.15, 0.2) is 18.2 Å². The lowest BCUT2D eigenvalue weighted by Crippen LogP contribution is -2.39. The number of nitrogens with one attached hydrogen (secondary N) is 1. The molecule has 0 saturated heterocycles. The van der Waals surface area contributed by atoms with Gasteiger partial charge in [0.15, 0.2) is 11.5 Å². The topological polar surface area (TPSA) is 50.8 Å². The first-order chi connectivity index (χ1) is 8.74. The standard InChI is InChI=1S/C13H18N2O3/c1-3-14-13(16)15(4-2)8-10-5-6-11-12(7-10)18-9-17-11/h5-7H,3-4,8-9H2,1-2H3,(H,14,16). The maximum absolute atomic E-state index is 11.8. The van der Waals surface area contributed by atoms with E-state index in [1.54, 1.807) is 4.90 Å². The van der Waals surface area contributed by atoms with E-state index in [4.69, 9.17) is 9.47 Å². The van der Waals surface area contributed by atoms with Crippen LogP contribution >= 0.6 is 0 Å². The number of hydrogen-bond donors (Lipinski definition) is 1. The van der Waals surface area contributed by atoms with Gasteiger partial charge in [-0.05, 0) is 31.5 Å². The lowest BCUT2D eigenvalue weighted by molar-refractivity contribution is 0.173. The zero-order valence-electron chi connectivity index (χ0n) is 10.7. The van der Waals surface area contributed by atoms with Crippen molar-refractivity contribution in [1.29, 1.82) is 0 Å². The first-order valence-corrected chi connectivity index (χ1v) is 6.16. The van der Waals surface area contributed by atoms with Crippen molar-refractivity contribution < 1.29 is 14.3 Å². The van der Waals surface area contributed by atoms with Crippen LogP contribution < -0.4 is 14.8 Å². The molecule has 0 aromatic heterocycles. The van der Waals surface area contributed by atoms with Gasteiger partial charge in [-0.1, -0.05) is 6.07 Å². The molecule has 1 aromatic rings. The molecule has 1 heterocycles. The van der Waals surface area contributed by atoms with Crippen molar-refractivity contribution in [3.8, 4) is 11.5 Å². The van der Waals surface area contributed by atoms with Crippen molar-refractivity contribution in [3.63, 3.8) is 0 Å². The second kappa shape index (κ2) is 5.62. The number of ether oxygens (including phenoxy) is 2. The van der Waals surface area contributed by atoms with E-state index in [9.17, 15) is 4.79 Å². The van der Waals surface area contributed by atoms with E-state index >= 15 is 0 Å². The molecule has 5 heteroatoms. The molecule has 2 amide bonds. The normalized spacial score (nSPS) is 12.3. The van der Waals surface area contributed by atoms with Gasteiger partial charge in [0.1, 0.15) is 0 Å². The van der Waals surface area contributed by atoms with Crippen LogP contribution in [-0.2, 0) is 6.54 Å². The van der Waals surface area contributed by atoms with Gasteiger partial charge in [-0.15, -0.1) is 0 Å². The molecular weight excluding hydrogens is 232 g/mol. The molecule has 5 nitrogen and oxygen atoms in total. The Kier molecular flexibility index (Phi) is 3.92. The highest BCUT2D eigenvalue weighted by atomic mass is 16.7. The van der Waals surface area contributed by atoms with Gasteiger partial charge >= 0.3 is 6.03 Å². The summed E-state index contributed by atoms with van der Waals surface area (Å²) in [5.74, 6) is 1.51. The van der Waals surface area contributed by atoms with Crippen molar-refractivity contribution in [2.75, 3.05) is 19.9 Å². The summed E-state index contributed by atoms with van der Waals surface area (Å²) in [6.45, 7) is 6.01. The lowest BCUT2D eigenvalue weighted by Gasteiger charge is -2.21. The number of carbonyl (C=O) groups is 1. The molecule has 1 aromatic carbocycles. The van der Waals surface area contributed by atoms with Crippen LogP contribution in [0.3, 0.4) is 0 Å². The Balaban J connectivity index is 2.05. The fourth-order valence-electron chi connectivity index (χ4n) is 1.85. The molecule has 0 atom stereocenters. The smallest absolute Gasteiger partial charge is 0.317 e. The predicted octanol–water partition coefficient (Wildman–Crippen LogP) is 1.97. The van der Waals surface area contributed by atoms with Gasteiger partial charge in [0.2, 0.25) is 6.79 Å². The molecule has 2 rings (SSSR count). The third-order valence-electron chi connectivity index (χ3n) is 2.81. The largest absolute Gasteiger partial charge is 0.454 e. The SMILES string of the molecule is CCNC(=O)N(CC)Cc1ccc2c(c1)OCO2. The van der Waals surface area contributed by atoms with Gasteiger partial charge in [0, 0.05) is 19.6 Å². The predicted molar refractivity (Wildman–Crippen MR) is 67.7 cm³/mol. The van der Waals surface area contributed by atoms with Gasteiger partial charge in [0.25, 0.3) is 0 Å². The number of hydrogen-bond acceptors (Lipinski definition) is 3. The monoisotopic (exact) mass is 250 g/mol. The fraction of sp³-hybridized carbons (Fsp3) is 0.462. The molecule has 1 N–H and O–H groups in total. The van der Waals surface area contributed by atoms with E-state index < -0.39 is 0 Å². The second-order valence-electron chi connectivity index (χ2n) is 4.04. The highest BCUT2D eigenvalue weighted by molar-refractivity contribution is 5.74. The van der Waals surface area contributed by atoms with Crippen molar-refractivity contribution in [3.05, 3.63) is 23.8 Å². The quantitative estimate of drug-likeness (QED) is 0.888. The lowest BCUT2D eigenvalue weighted by atomic mass is 10.2. The van der Waals surface area contributed by atoms with Gasteiger partial charge < -0.3 is 19.7 Å². The zero-order valence-corrected chi connectivity index (χ0v) is 10.7. The first kappa shape index (κ1) is 12.5. The van der Waals surface area contributed by atoms with E-state index in [1.165, 1.54) is 0 Å². The van der Waals surface area contributed by atoms with Gasteiger partial charge in [-0.2, -0.15) is 0 Å². The molecule has 0 unspecified atom stereocenters. The van der Waals surface area contributed by atoms with Crippen molar-refractivity contribution >= 4 is 6.03 Å². The second-order valence-corrected chi connectivity index (χ2v) is 4.04. The van der Waals surface area contributed by atoms with Crippen molar-refractivity contribution in [2.24, 2.45) is 0 Å². The summed E-state index contributed by atoms with van der Waals surface area (Å²) in [5.41, 5.74) is 1.03. The Morgan fingerprint density at radius 1 is 1.33 bits per heavy atom. The maximum atomic E-state index is 11.8. The number of nitrogens with zero attached hydrogens (tertiary/aromatic N) is 1. The summed E-state index contributed by atoms with van der Waals surface area (Å²) in [6, 6.07) is 5.71. The highest BCUT2D eigenvalue weighted by Gasteiger charge is 2.16. The van der Waals surface area contributed by atoms with E-state index in [-0.39, 0.29) is 12.8 Å². The summed E-state index contributed by atoms with van der Waals surface area (Å²) < 4.78 is 10.6. The number of urea groups is 1. The van der Waals surface area contributed by atoms with Crippen LogP contribution in [0.5, 0.6) is 11.5 Å². The number of carbonyl (C=O) groups excluding carboxylic acids is 1. The molecule has 0 bridgehead atoms. The molecule has 18 heavy (non-hydrogen) atoms. The average molecular weight is 250 g/mol. The molecule has 0 aliphatic carbocycles. The summed E-state index contributed by atoms with van der Waals surface area (Å²) in [4.78, 5) is 13.5. The number of fused-ring (bicyclic) bond motifs is 1. The summed E-state index contributed by atoms with van der Waals surface area (Å²) in [5, 5.41) is 2.80. The van der Waals surface area contributed by atoms with Gasteiger partial charge in [-0.3, -0.25) is 0 Å². The van der Waals surface area contributed by atoms with Crippen LogP contribution in [0.1, 0.15) is 19.4 Å². The minimum absolute atomic E-state index is 0.0438. The highest BCUT2D eigenvalue weighted by Crippen LogP contribution is 2.32. The van der Waals surface area contributed by atoms with Crippen LogP contribution in [-0.4, -0.2) is 30.8 Å². The third-order valence-corrected chi connectivity index (χ3v) is 2.81. The molecule has 0 radical (unpaired) electrons. The average Bonchev–Trinajstić information content (AvgIpc) is 2.83. The van der Waals surface area contributed by atoms with E-state index in [2.05, 4.69) is 5.32 Å². The van der Waals surface area contributed by atoms with E-state index in [1.807, 2.05) is 32.0 Å². The Morgan fingerprint density at radius 3 is 2.83 bits per heavy atom. The maximum Gasteiger partial charge on any atom is 0.317 e. The minimum Gasteiger partial charge on any atom is -0.454 e. The molecular formula is C13H18N2O3. The summed E-state index contributed by atoms with van der Waals surface area (Å²) in [7, 11) is 0. The van der Waals surface area contributed by atoms with Crippen LogP contribution in [0.25, 0.3) is 0 Å². The Labute approximate surface area is 107 Å². The third kappa shape index (κ3) is 2.67. The molecule has 1 aliphatic heterocycles. The zero-order chi connectivity index (χ0) is 13.0. The van der Waals surface area contributed by atoms with Crippen LogP contribution in [0.4, 0.5) is 4.79 Å². The van der Waals surface area contributed by atoms with Crippen LogP contribution in [0.2, 0.25) is 0 Å². The number of benzene rings is 1.